The topological polar surface area (TPSA) is 73.2 Å². The molecule has 4 aromatic rings. The maximum absolute atomic E-state index is 14.0. The Hall–Kier alpha value is -2.94. The Kier molecular flexibility index (Phi) is 9.40. The number of carbonyl (C=O) groups excluding carboxylic acids is 1. The zero-order valence-electron chi connectivity index (χ0n) is 23.4. The van der Waals surface area contributed by atoms with E-state index in [1.807, 2.05) is 43.3 Å². The molecule has 0 unspecified atom stereocenters. The van der Waals surface area contributed by atoms with Crippen LogP contribution in [0.5, 0.6) is 0 Å². The third-order valence-electron chi connectivity index (χ3n) is 7.45. The predicted octanol–water partition coefficient (Wildman–Crippen LogP) is 6.03. The first kappa shape index (κ1) is 28.6. The first-order chi connectivity index (χ1) is 19.4. The molecule has 210 valence electrons. The Labute approximate surface area is 244 Å². The van der Waals surface area contributed by atoms with Crippen molar-refractivity contribution in [3.63, 3.8) is 0 Å². The lowest BCUT2D eigenvalue weighted by molar-refractivity contribution is -0.119. The van der Waals surface area contributed by atoms with E-state index in [4.69, 9.17) is 9.72 Å². The molecule has 0 fully saturated rings. The molecule has 5 rings (SSSR count). The molecule has 40 heavy (non-hydrogen) atoms. The molecule has 0 bridgehead atoms. The summed E-state index contributed by atoms with van der Waals surface area (Å²) < 4.78 is 7.86. The quantitative estimate of drug-likeness (QED) is 0.175. The summed E-state index contributed by atoms with van der Waals surface area (Å²) in [4.78, 5) is 33.7. The van der Waals surface area contributed by atoms with E-state index in [1.54, 1.807) is 15.9 Å². The molecule has 6 nitrogen and oxygen atoms in total. The minimum Gasteiger partial charge on any atom is -0.372 e. The molecule has 2 aromatic carbocycles. The maximum atomic E-state index is 14.0. The van der Waals surface area contributed by atoms with Crippen molar-refractivity contribution in [2.75, 3.05) is 5.75 Å². The third kappa shape index (κ3) is 6.85. The van der Waals surface area contributed by atoms with Crippen LogP contribution in [0.15, 0.2) is 70.6 Å². The number of thiophene rings is 1. The van der Waals surface area contributed by atoms with Crippen molar-refractivity contribution >= 4 is 39.2 Å². The monoisotopic (exact) mass is 575 g/mol. The second-order valence-corrected chi connectivity index (χ2v) is 12.9. The van der Waals surface area contributed by atoms with Crippen LogP contribution >= 0.6 is 23.1 Å². The van der Waals surface area contributed by atoms with Gasteiger partial charge in [-0.05, 0) is 48.8 Å². The Morgan fingerprint density at radius 1 is 1.07 bits per heavy atom. The summed E-state index contributed by atoms with van der Waals surface area (Å²) in [5.74, 6) is 0.538. The summed E-state index contributed by atoms with van der Waals surface area (Å²) in [5, 5.41) is 4.44. The average molecular weight is 576 g/mol. The molecule has 0 saturated carbocycles. The molecular weight excluding hydrogens is 539 g/mol. The van der Waals surface area contributed by atoms with Gasteiger partial charge in [0.1, 0.15) is 4.83 Å². The average Bonchev–Trinajstić information content (AvgIpc) is 3.33. The fraction of sp³-hybridized carbons (Fsp3) is 0.406. The highest BCUT2D eigenvalue weighted by Gasteiger charge is 2.28. The van der Waals surface area contributed by atoms with Gasteiger partial charge in [-0.1, -0.05) is 86.3 Å². The Morgan fingerprint density at radius 2 is 1.75 bits per heavy atom. The lowest BCUT2D eigenvalue weighted by atomic mass is 9.96. The predicted molar refractivity (Wildman–Crippen MR) is 164 cm³/mol. The van der Waals surface area contributed by atoms with Gasteiger partial charge in [0.15, 0.2) is 5.16 Å². The van der Waals surface area contributed by atoms with Crippen molar-refractivity contribution < 1.29 is 9.53 Å². The highest BCUT2D eigenvalue weighted by molar-refractivity contribution is 7.99. The number of ether oxygens (including phenoxy) is 1. The number of nitrogens with zero attached hydrogens (tertiary/aromatic N) is 2. The van der Waals surface area contributed by atoms with E-state index >= 15 is 0 Å². The number of thioether (sulfide) groups is 1. The standard InChI is InChI=1S/C32H37N3O3S2/c1-21(2)26-18-25-27(19-38-26)40-30-29(25)31(37)35(17-16-24-12-8-5-9-13-24)32(34-30)39-20-28(36)33-22(3)14-15-23-10-6-4-7-11-23/h4-13,21-22,26H,14-20H2,1-3H3,(H,33,36)/t22-,26-/m1/s1. The number of aromatic nitrogens is 2. The summed E-state index contributed by atoms with van der Waals surface area (Å²) in [6.07, 6.45) is 3.33. The number of amides is 1. The van der Waals surface area contributed by atoms with E-state index in [0.717, 1.165) is 45.5 Å². The SMILES string of the molecule is CC(C)[C@H]1Cc2c(sc3nc(SCC(=O)N[C@H](C)CCc4ccccc4)n(CCc4ccccc4)c(=O)c23)CO1. The van der Waals surface area contributed by atoms with Crippen LogP contribution in [0.1, 0.15) is 48.8 Å². The molecule has 0 aliphatic carbocycles. The number of benzene rings is 2. The maximum Gasteiger partial charge on any atom is 0.263 e. The van der Waals surface area contributed by atoms with E-state index in [-0.39, 0.29) is 29.4 Å². The molecular formula is C32H37N3O3S2. The van der Waals surface area contributed by atoms with Crippen molar-refractivity contribution in [3.8, 4) is 0 Å². The van der Waals surface area contributed by atoms with Crippen molar-refractivity contribution in [2.24, 2.45) is 5.92 Å². The molecule has 2 atom stereocenters. The number of hydrogen-bond donors (Lipinski definition) is 1. The number of nitrogens with one attached hydrogen (secondary N) is 1. The summed E-state index contributed by atoms with van der Waals surface area (Å²) in [6.45, 7) is 7.38. The first-order valence-corrected chi connectivity index (χ1v) is 15.9. The molecule has 1 amide bonds. The fourth-order valence-corrected chi connectivity index (χ4v) is 7.11. The summed E-state index contributed by atoms with van der Waals surface area (Å²) in [6, 6.07) is 20.5. The van der Waals surface area contributed by atoms with Gasteiger partial charge in [-0.15, -0.1) is 11.3 Å². The second kappa shape index (κ2) is 13.1. The lowest BCUT2D eigenvalue weighted by Crippen LogP contribution is -2.34. The summed E-state index contributed by atoms with van der Waals surface area (Å²) >= 11 is 2.89. The van der Waals surface area contributed by atoms with Gasteiger partial charge in [0.05, 0.1) is 23.8 Å². The molecule has 0 spiro atoms. The van der Waals surface area contributed by atoms with Crippen LogP contribution in [0.25, 0.3) is 10.2 Å². The molecule has 1 N–H and O–H groups in total. The minimum atomic E-state index is -0.0480. The normalized spacial score (nSPS) is 15.8. The zero-order chi connectivity index (χ0) is 28.1. The number of carbonyl (C=O) groups is 1. The number of rotatable bonds is 11. The molecule has 1 aliphatic rings. The van der Waals surface area contributed by atoms with Gasteiger partial charge in [0.25, 0.3) is 5.56 Å². The van der Waals surface area contributed by atoms with Crippen LogP contribution in [0.2, 0.25) is 0 Å². The highest BCUT2D eigenvalue weighted by Crippen LogP contribution is 2.36. The molecule has 0 saturated heterocycles. The van der Waals surface area contributed by atoms with E-state index in [1.165, 1.54) is 17.3 Å². The van der Waals surface area contributed by atoms with Crippen LogP contribution in [-0.4, -0.2) is 33.4 Å². The van der Waals surface area contributed by atoms with Crippen LogP contribution in [0.3, 0.4) is 0 Å². The minimum absolute atomic E-state index is 0.0121. The molecule has 1 aliphatic heterocycles. The summed E-state index contributed by atoms with van der Waals surface area (Å²) in [7, 11) is 0. The fourth-order valence-electron chi connectivity index (χ4n) is 5.11. The van der Waals surface area contributed by atoms with Gasteiger partial charge < -0.3 is 10.1 Å². The lowest BCUT2D eigenvalue weighted by Gasteiger charge is -2.26. The number of aryl methyl sites for hydroxylation is 2. The Bertz CT molecular complexity index is 1500. The molecule has 8 heteroatoms. The van der Waals surface area contributed by atoms with Gasteiger partial charge in [-0.3, -0.25) is 14.2 Å². The smallest absolute Gasteiger partial charge is 0.263 e. The first-order valence-electron chi connectivity index (χ1n) is 14.1. The van der Waals surface area contributed by atoms with E-state index < -0.39 is 0 Å². The van der Waals surface area contributed by atoms with E-state index in [9.17, 15) is 9.59 Å². The van der Waals surface area contributed by atoms with Crippen molar-refractivity contribution in [1.82, 2.24) is 14.9 Å². The van der Waals surface area contributed by atoms with Crippen LogP contribution in [0, 0.1) is 5.92 Å². The van der Waals surface area contributed by atoms with Crippen molar-refractivity contribution in [3.05, 3.63) is 92.6 Å². The second-order valence-electron chi connectivity index (χ2n) is 10.8. The molecule has 2 aromatic heterocycles. The van der Waals surface area contributed by atoms with Gasteiger partial charge in [-0.2, -0.15) is 0 Å². The van der Waals surface area contributed by atoms with Crippen molar-refractivity contribution in [2.45, 2.75) is 76.9 Å². The van der Waals surface area contributed by atoms with E-state index in [0.29, 0.717) is 30.6 Å². The molecule has 3 heterocycles. The van der Waals surface area contributed by atoms with Gasteiger partial charge in [-0.25, -0.2) is 4.98 Å². The zero-order valence-corrected chi connectivity index (χ0v) is 25.0. The Balaban J connectivity index is 1.34. The van der Waals surface area contributed by atoms with E-state index in [2.05, 4.69) is 43.4 Å². The van der Waals surface area contributed by atoms with Crippen molar-refractivity contribution in [1.29, 1.82) is 0 Å². The highest BCUT2D eigenvalue weighted by atomic mass is 32.2. The molecule has 0 radical (unpaired) electrons. The number of fused-ring (bicyclic) bond motifs is 3. The van der Waals surface area contributed by atoms with Crippen LogP contribution < -0.4 is 10.9 Å². The largest absolute Gasteiger partial charge is 0.372 e. The van der Waals surface area contributed by atoms with Gasteiger partial charge in [0.2, 0.25) is 5.91 Å². The summed E-state index contributed by atoms with van der Waals surface area (Å²) in [5.41, 5.74) is 3.51. The Morgan fingerprint density at radius 3 is 2.42 bits per heavy atom. The van der Waals surface area contributed by atoms with Crippen LogP contribution in [0.4, 0.5) is 0 Å². The van der Waals surface area contributed by atoms with Crippen LogP contribution in [-0.2, 0) is 41.9 Å². The van der Waals surface area contributed by atoms with Gasteiger partial charge >= 0.3 is 0 Å². The van der Waals surface area contributed by atoms with Gasteiger partial charge in [0, 0.05) is 23.9 Å². The third-order valence-corrected chi connectivity index (χ3v) is 9.53. The number of hydrogen-bond acceptors (Lipinski definition) is 6.